The SMILES string of the molecule is CCOc1ccccc1-c1nnc(SCC(=O)N2CCN(Cc3ccc(Cl)s3)CC2)o1. The Kier molecular flexibility index (Phi) is 7.49. The van der Waals surface area contributed by atoms with Gasteiger partial charge in [0.15, 0.2) is 0 Å². The Hall–Kier alpha value is -2.07. The van der Waals surface area contributed by atoms with Gasteiger partial charge in [0.05, 0.1) is 22.3 Å². The number of hydrogen-bond acceptors (Lipinski definition) is 8. The van der Waals surface area contributed by atoms with Crippen LogP contribution < -0.4 is 4.74 Å². The molecule has 1 fully saturated rings. The minimum absolute atomic E-state index is 0.0817. The lowest BCUT2D eigenvalue weighted by Crippen LogP contribution is -2.48. The number of para-hydroxylation sites is 1. The molecule has 2 aromatic heterocycles. The molecule has 0 unspecified atom stereocenters. The third kappa shape index (κ3) is 5.79. The number of piperazine rings is 1. The average molecular weight is 479 g/mol. The minimum atomic E-state index is 0.0817. The van der Waals surface area contributed by atoms with Crippen LogP contribution in [0.1, 0.15) is 11.8 Å². The number of thiophene rings is 1. The fraction of sp³-hybridized carbons (Fsp3) is 0.381. The highest BCUT2D eigenvalue weighted by atomic mass is 35.5. The molecule has 1 saturated heterocycles. The number of rotatable bonds is 8. The maximum Gasteiger partial charge on any atom is 0.277 e. The summed E-state index contributed by atoms with van der Waals surface area (Å²) in [6, 6.07) is 11.5. The van der Waals surface area contributed by atoms with Crippen molar-refractivity contribution < 1.29 is 13.9 Å². The molecule has 0 bridgehead atoms. The van der Waals surface area contributed by atoms with E-state index in [1.807, 2.05) is 42.2 Å². The number of aromatic nitrogens is 2. The van der Waals surface area contributed by atoms with Gasteiger partial charge in [-0.1, -0.05) is 35.5 Å². The molecule has 0 saturated carbocycles. The van der Waals surface area contributed by atoms with E-state index in [4.69, 9.17) is 20.8 Å². The lowest BCUT2D eigenvalue weighted by Gasteiger charge is -2.34. The first kappa shape index (κ1) is 22.1. The molecule has 1 aromatic carbocycles. The first-order chi connectivity index (χ1) is 15.1. The standard InChI is InChI=1S/C21H23ClN4O3S2/c1-2-28-17-6-4-3-5-16(17)20-23-24-21(29-20)30-14-19(27)26-11-9-25(10-12-26)13-15-7-8-18(22)31-15/h3-8H,2,9-14H2,1H3. The molecule has 1 amide bonds. The topological polar surface area (TPSA) is 71.7 Å². The van der Waals surface area contributed by atoms with Crippen molar-refractivity contribution in [3.63, 3.8) is 0 Å². The molecule has 0 N–H and O–H groups in total. The first-order valence-electron chi connectivity index (χ1n) is 10.0. The first-order valence-corrected chi connectivity index (χ1v) is 12.2. The van der Waals surface area contributed by atoms with Crippen molar-refractivity contribution in [1.82, 2.24) is 20.0 Å². The molecule has 164 valence electrons. The molecule has 31 heavy (non-hydrogen) atoms. The summed E-state index contributed by atoms with van der Waals surface area (Å²) in [5, 5.41) is 8.57. The van der Waals surface area contributed by atoms with Gasteiger partial charge in [-0.25, -0.2) is 0 Å². The van der Waals surface area contributed by atoms with Gasteiger partial charge in [-0.15, -0.1) is 21.5 Å². The number of carbonyl (C=O) groups excluding carboxylic acids is 1. The van der Waals surface area contributed by atoms with Crippen LogP contribution in [0.3, 0.4) is 0 Å². The minimum Gasteiger partial charge on any atom is -0.493 e. The van der Waals surface area contributed by atoms with Crippen LogP contribution in [0.25, 0.3) is 11.5 Å². The average Bonchev–Trinajstić information content (AvgIpc) is 3.42. The lowest BCUT2D eigenvalue weighted by atomic mass is 10.2. The highest BCUT2D eigenvalue weighted by molar-refractivity contribution is 7.99. The van der Waals surface area contributed by atoms with E-state index in [9.17, 15) is 4.79 Å². The number of carbonyl (C=O) groups is 1. The largest absolute Gasteiger partial charge is 0.493 e. The van der Waals surface area contributed by atoms with Gasteiger partial charge in [0, 0.05) is 37.6 Å². The molecule has 7 nitrogen and oxygen atoms in total. The zero-order valence-corrected chi connectivity index (χ0v) is 19.5. The van der Waals surface area contributed by atoms with E-state index in [2.05, 4.69) is 21.2 Å². The van der Waals surface area contributed by atoms with Crippen LogP contribution in [-0.4, -0.2) is 64.4 Å². The summed E-state index contributed by atoms with van der Waals surface area (Å²) in [5.41, 5.74) is 0.748. The van der Waals surface area contributed by atoms with Crippen LogP contribution in [0.15, 0.2) is 46.0 Å². The highest BCUT2D eigenvalue weighted by Gasteiger charge is 2.22. The fourth-order valence-electron chi connectivity index (χ4n) is 3.33. The van der Waals surface area contributed by atoms with Crippen molar-refractivity contribution in [2.24, 2.45) is 0 Å². The number of hydrogen-bond donors (Lipinski definition) is 0. The maximum atomic E-state index is 12.6. The molecular formula is C21H23ClN4O3S2. The van der Waals surface area contributed by atoms with E-state index in [1.165, 1.54) is 16.6 Å². The summed E-state index contributed by atoms with van der Waals surface area (Å²) in [6.07, 6.45) is 0. The van der Waals surface area contributed by atoms with Crippen LogP contribution in [-0.2, 0) is 11.3 Å². The van der Waals surface area contributed by atoms with Crippen LogP contribution in [0.2, 0.25) is 4.34 Å². The van der Waals surface area contributed by atoms with E-state index in [1.54, 1.807) is 11.3 Å². The fourth-order valence-corrected chi connectivity index (χ4v) is 5.12. The number of halogens is 1. The molecule has 0 aliphatic carbocycles. The Morgan fingerprint density at radius 2 is 2.00 bits per heavy atom. The number of amides is 1. The molecule has 1 aliphatic heterocycles. The van der Waals surface area contributed by atoms with Gasteiger partial charge in [0.1, 0.15) is 5.75 Å². The van der Waals surface area contributed by atoms with Crippen molar-refractivity contribution >= 4 is 40.6 Å². The van der Waals surface area contributed by atoms with Crippen molar-refractivity contribution in [1.29, 1.82) is 0 Å². The van der Waals surface area contributed by atoms with E-state index in [-0.39, 0.29) is 11.7 Å². The van der Waals surface area contributed by atoms with E-state index in [0.29, 0.717) is 23.5 Å². The molecule has 1 aliphatic rings. The molecular weight excluding hydrogens is 456 g/mol. The Labute approximate surface area is 194 Å². The van der Waals surface area contributed by atoms with Gasteiger partial charge in [-0.2, -0.15) is 0 Å². The van der Waals surface area contributed by atoms with Crippen LogP contribution in [0, 0.1) is 0 Å². The van der Waals surface area contributed by atoms with Crippen molar-refractivity contribution in [3.8, 4) is 17.2 Å². The predicted molar refractivity (Wildman–Crippen MR) is 123 cm³/mol. The van der Waals surface area contributed by atoms with Crippen molar-refractivity contribution in [2.75, 3.05) is 38.5 Å². The van der Waals surface area contributed by atoms with Crippen LogP contribution in [0.4, 0.5) is 0 Å². The van der Waals surface area contributed by atoms with Gasteiger partial charge in [0.2, 0.25) is 5.91 Å². The Morgan fingerprint density at radius 3 is 2.74 bits per heavy atom. The Morgan fingerprint density at radius 1 is 1.19 bits per heavy atom. The predicted octanol–water partition coefficient (Wildman–Crippen LogP) is 4.29. The molecule has 0 atom stereocenters. The number of thioether (sulfide) groups is 1. The van der Waals surface area contributed by atoms with Gasteiger partial charge in [-0.05, 0) is 31.2 Å². The summed E-state index contributed by atoms with van der Waals surface area (Å²) in [5.74, 6) is 1.44. The summed E-state index contributed by atoms with van der Waals surface area (Å²) in [7, 11) is 0. The van der Waals surface area contributed by atoms with Gasteiger partial charge < -0.3 is 14.1 Å². The second-order valence-corrected chi connectivity index (χ2v) is 9.68. The number of benzene rings is 1. The van der Waals surface area contributed by atoms with E-state index >= 15 is 0 Å². The molecule has 0 spiro atoms. The Balaban J connectivity index is 1.26. The van der Waals surface area contributed by atoms with Crippen LogP contribution >= 0.6 is 34.7 Å². The summed E-state index contributed by atoms with van der Waals surface area (Å²) < 4.78 is 12.2. The van der Waals surface area contributed by atoms with Crippen molar-refractivity contribution in [3.05, 3.63) is 45.6 Å². The second-order valence-electron chi connectivity index (χ2n) is 6.95. The Bertz CT molecular complexity index is 1020. The molecule has 0 radical (unpaired) electrons. The maximum absolute atomic E-state index is 12.6. The zero-order chi connectivity index (χ0) is 21.6. The highest BCUT2D eigenvalue weighted by Crippen LogP contribution is 2.30. The zero-order valence-electron chi connectivity index (χ0n) is 17.1. The van der Waals surface area contributed by atoms with Crippen LogP contribution in [0.5, 0.6) is 5.75 Å². The van der Waals surface area contributed by atoms with Gasteiger partial charge in [0.25, 0.3) is 11.1 Å². The third-order valence-electron chi connectivity index (χ3n) is 4.88. The van der Waals surface area contributed by atoms with E-state index in [0.717, 1.165) is 42.6 Å². The summed E-state index contributed by atoms with van der Waals surface area (Å²) >= 11 is 8.88. The normalized spacial score (nSPS) is 14.7. The third-order valence-corrected chi connectivity index (χ3v) is 6.90. The van der Waals surface area contributed by atoms with E-state index < -0.39 is 0 Å². The molecule has 3 heterocycles. The molecule has 10 heteroatoms. The number of nitrogens with zero attached hydrogens (tertiary/aromatic N) is 4. The smallest absolute Gasteiger partial charge is 0.277 e. The quantitative estimate of drug-likeness (QED) is 0.447. The second kappa shape index (κ2) is 10.5. The van der Waals surface area contributed by atoms with Crippen molar-refractivity contribution in [2.45, 2.75) is 18.7 Å². The monoisotopic (exact) mass is 478 g/mol. The molecule has 3 aromatic rings. The summed E-state index contributed by atoms with van der Waals surface area (Å²) in [6.45, 7) is 6.49. The van der Waals surface area contributed by atoms with Gasteiger partial charge in [-0.3, -0.25) is 9.69 Å². The lowest BCUT2D eigenvalue weighted by molar-refractivity contribution is -0.130. The number of ether oxygens (including phenoxy) is 1. The van der Waals surface area contributed by atoms with Gasteiger partial charge >= 0.3 is 0 Å². The summed E-state index contributed by atoms with van der Waals surface area (Å²) in [4.78, 5) is 18.1. The molecule has 4 rings (SSSR count).